The fourth-order valence-corrected chi connectivity index (χ4v) is 3.54. The molecule has 2 aliphatic heterocycles. The Kier molecular flexibility index (Phi) is 3.77. The molecule has 0 aliphatic carbocycles. The zero-order valence-electron chi connectivity index (χ0n) is 13.0. The number of carbonyl (C=O) groups excluding carboxylic acids is 2. The second-order valence-corrected chi connectivity index (χ2v) is 6.63. The van der Waals surface area contributed by atoms with Gasteiger partial charge in [-0.15, -0.1) is 11.3 Å². The van der Waals surface area contributed by atoms with Crippen molar-refractivity contribution in [1.29, 1.82) is 0 Å². The SMILES string of the molecule is O=C(NCc1nccs1)c1cn2c(c(O)c1=O)C(=O)N1CCOC1C2. The molecule has 9 nitrogen and oxygen atoms in total. The van der Waals surface area contributed by atoms with Crippen LogP contribution in [0.5, 0.6) is 5.75 Å². The second kappa shape index (κ2) is 5.97. The first-order valence-electron chi connectivity index (χ1n) is 7.62. The van der Waals surface area contributed by atoms with E-state index in [1.165, 1.54) is 27.0 Å². The van der Waals surface area contributed by atoms with Gasteiger partial charge in [0.15, 0.2) is 17.7 Å². The van der Waals surface area contributed by atoms with Crippen molar-refractivity contribution in [3.63, 3.8) is 0 Å². The lowest BCUT2D eigenvalue weighted by molar-refractivity contribution is 0.00845. The van der Waals surface area contributed by atoms with Crippen molar-refractivity contribution in [2.45, 2.75) is 19.3 Å². The number of aromatic nitrogens is 2. The van der Waals surface area contributed by atoms with Gasteiger partial charge in [-0.25, -0.2) is 4.98 Å². The zero-order chi connectivity index (χ0) is 17.6. The van der Waals surface area contributed by atoms with E-state index in [0.29, 0.717) is 18.2 Å². The van der Waals surface area contributed by atoms with E-state index in [9.17, 15) is 19.5 Å². The lowest BCUT2D eigenvalue weighted by atomic mass is 10.1. The molecule has 2 N–H and O–H groups in total. The number of aromatic hydroxyl groups is 1. The summed E-state index contributed by atoms with van der Waals surface area (Å²) in [6.07, 6.45) is 2.46. The highest BCUT2D eigenvalue weighted by molar-refractivity contribution is 7.09. The van der Waals surface area contributed by atoms with Gasteiger partial charge in [-0.2, -0.15) is 0 Å². The van der Waals surface area contributed by atoms with Gasteiger partial charge in [-0.05, 0) is 0 Å². The molecule has 1 fully saturated rings. The van der Waals surface area contributed by atoms with Gasteiger partial charge in [0.1, 0.15) is 10.6 Å². The monoisotopic (exact) mass is 362 g/mol. The van der Waals surface area contributed by atoms with E-state index in [1.54, 1.807) is 11.6 Å². The maximum absolute atomic E-state index is 12.5. The van der Waals surface area contributed by atoms with Crippen LogP contribution in [0.4, 0.5) is 0 Å². The Morgan fingerprint density at radius 3 is 3.08 bits per heavy atom. The molecule has 0 saturated carbocycles. The summed E-state index contributed by atoms with van der Waals surface area (Å²) in [5.74, 6) is -1.82. The standard InChI is InChI=1S/C15H14N4O5S/c20-12-8(14(22)17-5-9-16-1-4-25-9)6-18-7-10-19(2-3-24-10)15(23)11(18)13(12)21/h1,4,6,10,21H,2-3,5,7H2,(H,17,22). The number of carbonyl (C=O) groups is 2. The molecule has 0 spiro atoms. The zero-order valence-corrected chi connectivity index (χ0v) is 13.8. The van der Waals surface area contributed by atoms with Gasteiger partial charge < -0.3 is 24.6 Å². The quantitative estimate of drug-likeness (QED) is 0.779. The second-order valence-electron chi connectivity index (χ2n) is 5.65. The predicted molar refractivity (Wildman–Crippen MR) is 86.4 cm³/mol. The van der Waals surface area contributed by atoms with Crippen molar-refractivity contribution >= 4 is 23.2 Å². The predicted octanol–water partition coefficient (Wildman–Crippen LogP) is -0.248. The molecule has 1 saturated heterocycles. The van der Waals surface area contributed by atoms with E-state index in [2.05, 4.69) is 10.3 Å². The molecule has 1 unspecified atom stereocenters. The average Bonchev–Trinajstić information content (AvgIpc) is 3.27. The summed E-state index contributed by atoms with van der Waals surface area (Å²) in [4.78, 5) is 42.6. The fraction of sp³-hybridized carbons (Fsp3) is 0.333. The smallest absolute Gasteiger partial charge is 0.276 e. The van der Waals surface area contributed by atoms with Crippen LogP contribution in [0.15, 0.2) is 22.6 Å². The summed E-state index contributed by atoms with van der Waals surface area (Å²) < 4.78 is 6.87. The third kappa shape index (κ3) is 2.59. The van der Waals surface area contributed by atoms with Crippen molar-refractivity contribution in [3.05, 3.63) is 44.3 Å². The summed E-state index contributed by atoms with van der Waals surface area (Å²) in [6, 6.07) is 0. The van der Waals surface area contributed by atoms with Crippen molar-refractivity contribution in [1.82, 2.24) is 19.8 Å². The number of nitrogens with zero attached hydrogens (tertiary/aromatic N) is 3. The van der Waals surface area contributed by atoms with E-state index < -0.39 is 29.2 Å². The Morgan fingerprint density at radius 1 is 1.48 bits per heavy atom. The van der Waals surface area contributed by atoms with Crippen LogP contribution in [0.25, 0.3) is 0 Å². The Bertz CT molecular complexity index is 907. The van der Waals surface area contributed by atoms with E-state index in [-0.39, 0.29) is 24.3 Å². The van der Waals surface area contributed by atoms with Crippen LogP contribution in [0.2, 0.25) is 0 Å². The summed E-state index contributed by atoms with van der Waals surface area (Å²) >= 11 is 1.38. The lowest BCUT2D eigenvalue weighted by Crippen LogP contribution is -2.46. The number of hydrogen-bond donors (Lipinski definition) is 2. The first-order chi connectivity index (χ1) is 12.1. The molecule has 4 heterocycles. The molecule has 2 aromatic rings. The molecule has 2 aromatic heterocycles. The van der Waals surface area contributed by atoms with Gasteiger partial charge in [0.25, 0.3) is 11.8 Å². The van der Waals surface area contributed by atoms with Gasteiger partial charge in [-0.3, -0.25) is 14.4 Å². The third-order valence-corrected chi connectivity index (χ3v) is 4.97. The van der Waals surface area contributed by atoms with Gasteiger partial charge in [0, 0.05) is 24.3 Å². The Morgan fingerprint density at radius 2 is 2.32 bits per heavy atom. The number of rotatable bonds is 3. The van der Waals surface area contributed by atoms with Crippen LogP contribution in [0.1, 0.15) is 25.9 Å². The molecule has 4 rings (SSSR count). The average molecular weight is 362 g/mol. The minimum absolute atomic E-state index is 0.108. The molecule has 1 atom stereocenters. The number of ether oxygens (including phenoxy) is 1. The van der Waals surface area contributed by atoms with Gasteiger partial charge in [-0.1, -0.05) is 0 Å². The number of pyridine rings is 1. The van der Waals surface area contributed by atoms with E-state index in [1.807, 2.05) is 0 Å². The van der Waals surface area contributed by atoms with E-state index in [4.69, 9.17) is 4.74 Å². The maximum Gasteiger partial charge on any atom is 0.276 e. The molecule has 25 heavy (non-hydrogen) atoms. The highest BCUT2D eigenvalue weighted by Crippen LogP contribution is 2.26. The Labute approximate surface area is 145 Å². The fourth-order valence-electron chi connectivity index (χ4n) is 2.98. The number of nitrogens with one attached hydrogen (secondary N) is 1. The molecule has 130 valence electrons. The number of amides is 2. The first-order valence-corrected chi connectivity index (χ1v) is 8.50. The van der Waals surface area contributed by atoms with Crippen molar-refractivity contribution in [2.75, 3.05) is 13.2 Å². The molecule has 2 amide bonds. The molecule has 0 radical (unpaired) electrons. The minimum atomic E-state index is -0.866. The summed E-state index contributed by atoms with van der Waals surface area (Å²) in [6.45, 7) is 1.24. The van der Waals surface area contributed by atoms with Crippen LogP contribution in [0, 0.1) is 0 Å². The third-order valence-electron chi connectivity index (χ3n) is 4.19. The van der Waals surface area contributed by atoms with Crippen LogP contribution in [0.3, 0.4) is 0 Å². The number of fused-ring (bicyclic) bond motifs is 2. The van der Waals surface area contributed by atoms with Crippen LogP contribution < -0.4 is 10.7 Å². The first kappa shape index (κ1) is 15.8. The highest BCUT2D eigenvalue weighted by atomic mass is 32.1. The number of hydrogen-bond acceptors (Lipinski definition) is 7. The Balaban J connectivity index is 1.66. The van der Waals surface area contributed by atoms with Gasteiger partial charge in [0.05, 0.1) is 19.7 Å². The lowest BCUT2D eigenvalue weighted by Gasteiger charge is -2.31. The van der Waals surface area contributed by atoms with Crippen molar-refractivity contribution < 1.29 is 19.4 Å². The highest BCUT2D eigenvalue weighted by Gasteiger charge is 2.39. The molecule has 2 aliphatic rings. The Hall–Kier alpha value is -2.72. The van der Waals surface area contributed by atoms with Crippen LogP contribution in [-0.4, -0.2) is 50.8 Å². The van der Waals surface area contributed by atoms with Crippen LogP contribution >= 0.6 is 11.3 Å². The van der Waals surface area contributed by atoms with Gasteiger partial charge >= 0.3 is 0 Å². The van der Waals surface area contributed by atoms with Crippen molar-refractivity contribution in [3.8, 4) is 5.75 Å². The summed E-state index contributed by atoms with van der Waals surface area (Å²) in [7, 11) is 0. The largest absolute Gasteiger partial charge is 0.503 e. The van der Waals surface area contributed by atoms with E-state index in [0.717, 1.165) is 0 Å². The number of thiazole rings is 1. The van der Waals surface area contributed by atoms with Crippen LogP contribution in [-0.2, 0) is 17.8 Å². The topological polar surface area (TPSA) is 114 Å². The molecule has 0 bridgehead atoms. The molecular formula is C15H14N4O5S. The van der Waals surface area contributed by atoms with Crippen molar-refractivity contribution in [2.24, 2.45) is 0 Å². The normalized spacial score (nSPS) is 18.8. The summed E-state index contributed by atoms with van der Waals surface area (Å²) in [5.41, 5.74) is -1.20. The molecule has 0 aromatic carbocycles. The molecule has 10 heteroatoms. The maximum atomic E-state index is 12.5. The molecular weight excluding hydrogens is 348 g/mol. The summed E-state index contributed by atoms with van der Waals surface area (Å²) in [5, 5.41) is 15.3. The minimum Gasteiger partial charge on any atom is -0.503 e. The van der Waals surface area contributed by atoms with Gasteiger partial charge in [0.2, 0.25) is 5.43 Å². The van der Waals surface area contributed by atoms with E-state index >= 15 is 0 Å².